The fraction of sp³-hybridized carbons (Fsp3) is 0.133. The zero-order valence-corrected chi connectivity index (χ0v) is 16.3. The third kappa shape index (κ3) is 4.65. The van der Waals surface area contributed by atoms with Crippen LogP contribution in [0.1, 0.15) is 17.9 Å². The number of hydrogen-bond donors (Lipinski definition) is 2. The Bertz CT molecular complexity index is 695. The van der Waals surface area contributed by atoms with Crippen molar-refractivity contribution in [2.45, 2.75) is 12.3 Å². The molecule has 1 unspecified atom stereocenters. The number of carbonyl (C=O) groups is 1. The molecule has 22 heavy (non-hydrogen) atoms. The second-order valence-corrected chi connectivity index (χ2v) is 7.18. The second kappa shape index (κ2) is 7.73. The van der Waals surface area contributed by atoms with E-state index in [1.165, 1.54) is 6.92 Å². The van der Waals surface area contributed by atoms with E-state index in [4.69, 9.17) is 16.3 Å². The number of esters is 1. The first-order valence-electron chi connectivity index (χ1n) is 6.24. The summed E-state index contributed by atoms with van der Waals surface area (Å²) in [5, 5.41) is 3.35. The van der Waals surface area contributed by atoms with Crippen molar-refractivity contribution in [3.8, 4) is 5.75 Å². The fourth-order valence-corrected chi connectivity index (χ4v) is 3.34. The van der Waals surface area contributed by atoms with Gasteiger partial charge in [-0.15, -0.1) is 12.6 Å². The van der Waals surface area contributed by atoms with Crippen LogP contribution in [0.15, 0.2) is 45.3 Å². The van der Waals surface area contributed by atoms with E-state index >= 15 is 0 Å². The smallest absolute Gasteiger partial charge is 0.308 e. The van der Waals surface area contributed by atoms with Crippen molar-refractivity contribution in [2.24, 2.45) is 0 Å². The van der Waals surface area contributed by atoms with Crippen LogP contribution in [0.5, 0.6) is 5.75 Å². The highest BCUT2D eigenvalue weighted by Gasteiger charge is 2.18. The van der Waals surface area contributed by atoms with Crippen LogP contribution in [-0.4, -0.2) is 5.97 Å². The monoisotopic (exact) mass is 463 g/mol. The van der Waals surface area contributed by atoms with Gasteiger partial charge in [-0.3, -0.25) is 4.79 Å². The maximum atomic E-state index is 11.3. The standard InChI is InChI=1S/C15H12Br2ClNO2S/c1-8(20)21-14-12(6-10(18)7-13(14)17)15(22)19-11-4-2-9(16)3-5-11/h2-7,15,19,22H,1H3. The predicted octanol–water partition coefficient (Wildman–Crippen LogP) is 5.83. The molecular weight excluding hydrogens is 453 g/mol. The van der Waals surface area contributed by atoms with E-state index in [0.29, 0.717) is 20.8 Å². The van der Waals surface area contributed by atoms with Crippen LogP contribution in [0.25, 0.3) is 0 Å². The Balaban J connectivity index is 2.33. The molecule has 0 radical (unpaired) electrons. The Labute approximate surface area is 156 Å². The minimum atomic E-state index is -0.409. The van der Waals surface area contributed by atoms with Gasteiger partial charge < -0.3 is 10.1 Å². The molecule has 0 heterocycles. The fourth-order valence-electron chi connectivity index (χ4n) is 1.82. The molecule has 0 aliphatic carbocycles. The van der Waals surface area contributed by atoms with Crippen LogP contribution in [0.4, 0.5) is 5.69 Å². The number of carbonyl (C=O) groups excluding carboxylic acids is 1. The van der Waals surface area contributed by atoms with E-state index in [-0.39, 0.29) is 0 Å². The molecule has 0 aliphatic rings. The quantitative estimate of drug-likeness (QED) is 0.258. The van der Waals surface area contributed by atoms with E-state index in [9.17, 15) is 4.79 Å². The molecule has 0 saturated heterocycles. The Morgan fingerprint density at radius 1 is 1.27 bits per heavy atom. The van der Waals surface area contributed by atoms with Gasteiger partial charge in [0.25, 0.3) is 0 Å². The van der Waals surface area contributed by atoms with Crippen LogP contribution in [0.3, 0.4) is 0 Å². The van der Waals surface area contributed by atoms with Gasteiger partial charge in [0.15, 0.2) is 5.75 Å². The number of ether oxygens (including phenoxy) is 1. The molecule has 2 aromatic carbocycles. The van der Waals surface area contributed by atoms with Gasteiger partial charge in [0.2, 0.25) is 0 Å². The number of anilines is 1. The van der Waals surface area contributed by atoms with E-state index in [1.807, 2.05) is 24.3 Å². The van der Waals surface area contributed by atoms with Crippen LogP contribution < -0.4 is 10.1 Å². The van der Waals surface area contributed by atoms with Crippen molar-refractivity contribution in [1.82, 2.24) is 0 Å². The molecule has 1 atom stereocenters. The Morgan fingerprint density at radius 2 is 1.91 bits per heavy atom. The van der Waals surface area contributed by atoms with Crippen molar-refractivity contribution >= 4 is 67.7 Å². The van der Waals surface area contributed by atoms with E-state index < -0.39 is 11.3 Å². The molecule has 2 aromatic rings. The van der Waals surface area contributed by atoms with Crippen molar-refractivity contribution in [3.05, 3.63) is 55.9 Å². The molecule has 116 valence electrons. The summed E-state index contributed by atoms with van der Waals surface area (Å²) in [4.78, 5) is 11.3. The van der Waals surface area contributed by atoms with Gasteiger partial charge in [0, 0.05) is 27.7 Å². The molecule has 0 amide bonds. The molecule has 0 aliphatic heterocycles. The molecule has 2 rings (SSSR count). The summed E-state index contributed by atoms with van der Waals surface area (Å²) in [5.41, 5.74) is 1.55. The molecule has 0 bridgehead atoms. The summed E-state index contributed by atoms with van der Waals surface area (Å²) in [7, 11) is 0. The topological polar surface area (TPSA) is 38.3 Å². The second-order valence-electron chi connectivity index (χ2n) is 4.45. The van der Waals surface area contributed by atoms with Crippen LogP contribution in [0, 0.1) is 0 Å². The maximum absolute atomic E-state index is 11.3. The van der Waals surface area contributed by atoms with Crippen LogP contribution in [0.2, 0.25) is 5.02 Å². The number of thiol groups is 1. The van der Waals surface area contributed by atoms with Crippen molar-refractivity contribution in [1.29, 1.82) is 0 Å². The van der Waals surface area contributed by atoms with Gasteiger partial charge in [-0.25, -0.2) is 0 Å². The zero-order valence-electron chi connectivity index (χ0n) is 11.4. The first-order chi connectivity index (χ1) is 10.4. The number of nitrogens with one attached hydrogen (secondary N) is 1. The largest absolute Gasteiger partial charge is 0.425 e. The minimum Gasteiger partial charge on any atom is -0.425 e. The SMILES string of the molecule is CC(=O)Oc1c(Br)cc(Cl)cc1C(S)Nc1ccc(Br)cc1. The van der Waals surface area contributed by atoms with E-state index in [0.717, 1.165) is 10.2 Å². The van der Waals surface area contributed by atoms with Crippen molar-refractivity contribution in [2.75, 3.05) is 5.32 Å². The van der Waals surface area contributed by atoms with Gasteiger partial charge >= 0.3 is 5.97 Å². The van der Waals surface area contributed by atoms with E-state index in [1.54, 1.807) is 12.1 Å². The number of benzene rings is 2. The molecule has 0 saturated carbocycles. The Hall–Kier alpha value is -0.690. The third-order valence-corrected chi connectivity index (χ3v) is 4.47. The minimum absolute atomic E-state index is 0.398. The van der Waals surface area contributed by atoms with Gasteiger partial charge in [0.1, 0.15) is 0 Å². The zero-order chi connectivity index (χ0) is 16.3. The summed E-state index contributed by atoms with van der Waals surface area (Å²) < 4.78 is 6.85. The first kappa shape index (κ1) is 17.7. The Morgan fingerprint density at radius 3 is 2.50 bits per heavy atom. The number of hydrogen-bond acceptors (Lipinski definition) is 4. The molecule has 1 N–H and O–H groups in total. The van der Waals surface area contributed by atoms with E-state index in [2.05, 4.69) is 49.8 Å². The maximum Gasteiger partial charge on any atom is 0.308 e. The lowest BCUT2D eigenvalue weighted by Gasteiger charge is -2.19. The average Bonchev–Trinajstić information content (AvgIpc) is 2.43. The highest BCUT2D eigenvalue weighted by atomic mass is 79.9. The molecule has 0 aromatic heterocycles. The first-order valence-corrected chi connectivity index (χ1v) is 8.72. The molecular formula is C15H12Br2ClNO2S. The summed E-state index contributed by atoms with van der Waals surface area (Å²) in [6, 6.07) is 11.1. The van der Waals surface area contributed by atoms with Crippen LogP contribution in [-0.2, 0) is 4.79 Å². The summed E-state index contributed by atoms with van der Waals surface area (Å²) in [5.74, 6) is -0.00467. The molecule has 3 nitrogen and oxygen atoms in total. The van der Waals surface area contributed by atoms with Gasteiger partial charge in [0.05, 0.1) is 9.85 Å². The highest BCUT2D eigenvalue weighted by Crippen LogP contribution is 2.39. The molecule has 7 heteroatoms. The Kier molecular flexibility index (Phi) is 6.20. The average molecular weight is 466 g/mol. The molecule has 0 fully saturated rings. The summed E-state index contributed by atoms with van der Waals surface area (Å²) in [6.07, 6.45) is 0. The number of rotatable bonds is 4. The lowest BCUT2D eigenvalue weighted by Crippen LogP contribution is -2.10. The lowest BCUT2D eigenvalue weighted by molar-refractivity contribution is -0.131. The van der Waals surface area contributed by atoms with Gasteiger partial charge in [-0.2, -0.15) is 0 Å². The normalized spacial score (nSPS) is 11.9. The lowest BCUT2D eigenvalue weighted by atomic mass is 10.2. The third-order valence-electron chi connectivity index (χ3n) is 2.73. The summed E-state index contributed by atoms with van der Waals surface area (Å²) >= 11 is 17.4. The molecule has 0 spiro atoms. The van der Waals surface area contributed by atoms with Crippen molar-refractivity contribution in [3.63, 3.8) is 0 Å². The van der Waals surface area contributed by atoms with Gasteiger partial charge in [-0.1, -0.05) is 27.5 Å². The predicted molar refractivity (Wildman–Crippen MR) is 100.0 cm³/mol. The highest BCUT2D eigenvalue weighted by molar-refractivity contribution is 9.10. The van der Waals surface area contributed by atoms with Gasteiger partial charge in [-0.05, 0) is 52.3 Å². The van der Waals surface area contributed by atoms with Crippen LogP contribution >= 0.6 is 56.1 Å². The number of halogens is 3. The van der Waals surface area contributed by atoms with Crippen molar-refractivity contribution < 1.29 is 9.53 Å². The summed E-state index contributed by atoms with van der Waals surface area (Å²) in [6.45, 7) is 1.35.